The second kappa shape index (κ2) is 13.5. The maximum Gasteiger partial charge on any atom is 0.422 e. The van der Waals surface area contributed by atoms with Gasteiger partial charge in [0.05, 0.1) is 19.0 Å². The highest BCUT2D eigenvalue weighted by Crippen LogP contribution is 2.26. The number of aromatic nitrogens is 2. The van der Waals surface area contributed by atoms with Gasteiger partial charge in [-0.15, -0.1) is 0 Å². The van der Waals surface area contributed by atoms with Crippen LogP contribution < -0.4 is 9.47 Å². The fourth-order valence-electron chi connectivity index (χ4n) is 4.34. The van der Waals surface area contributed by atoms with Crippen LogP contribution in [0.4, 0.5) is 22.0 Å². The second-order valence-electron chi connectivity index (χ2n) is 9.65. The monoisotopic (exact) mass is 558 g/mol. The molecule has 0 fully saturated rings. The largest absolute Gasteiger partial charge is 0.490 e. The number of fused-ring (bicyclic) bond motifs is 1. The normalized spacial score (nSPS) is 11.7. The van der Waals surface area contributed by atoms with Gasteiger partial charge in [-0.1, -0.05) is 56.2 Å². The molecule has 40 heavy (non-hydrogen) atoms. The van der Waals surface area contributed by atoms with Gasteiger partial charge in [-0.25, -0.2) is 18.7 Å². The molecule has 0 bridgehead atoms. The lowest BCUT2D eigenvalue weighted by molar-refractivity contribution is -0.153. The summed E-state index contributed by atoms with van der Waals surface area (Å²) in [5.41, 5.74) is 2.04. The second-order valence-corrected chi connectivity index (χ2v) is 9.65. The lowest BCUT2D eigenvalue weighted by Crippen LogP contribution is -2.19. The number of nitrogens with zero attached hydrogens (tertiary/aromatic N) is 2. The van der Waals surface area contributed by atoms with Gasteiger partial charge in [0.25, 0.3) is 0 Å². The summed E-state index contributed by atoms with van der Waals surface area (Å²) in [5.74, 6) is -0.324. The summed E-state index contributed by atoms with van der Waals surface area (Å²) in [6.45, 7) is 1.23. The molecule has 0 N–H and O–H groups in total. The summed E-state index contributed by atoms with van der Waals surface area (Å²) in [5, 5.41) is 1.26. The molecule has 0 radical (unpaired) electrons. The summed E-state index contributed by atoms with van der Waals surface area (Å²) in [6, 6.07) is 12.9. The van der Waals surface area contributed by atoms with Crippen LogP contribution >= 0.6 is 0 Å². The number of hydrogen-bond donors (Lipinski definition) is 0. The summed E-state index contributed by atoms with van der Waals surface area (Å²) < 4.78 is 76.5. The van der Waals surface area contributed by atoms with Crippen molar-refractivity contribution in [2.75, 3.05) is 13.2 Å². The number of halogens is 5. The maximum atomic E-state index is 15.2. The third-order valence-corrected chi connectivity index (χ3v) is 6.50. The molecule has 4 aromatic rings. The van der Waals surface area contributed by atoms with E-state index >= 15 is 4.39 Å². The van der Waals surface area contributed by atoms with Gasteiger partial charge in [-0.3, -0.25) is 0 Å². The van der Waals surface area contributed by atoms with Crippen LogP contribution in [0.3, 0.4) is 0 Å². The van der Waals surface area contributed by atoms with Gasteiger partial charge in [0.15, 0.2) is 23.9 Å². The van der Waals surface area contributed by atoms with Gasteiger partial charge in [-0.05, 0) is 59.9 Å². The van der Waals surface area contributed by atoms with Crippen molar-refractivity contribution in [1.82, 2.24) is 9.97 Å². The zero-order valence-corrected chi connectivity index (χ0v) is 22.2. The first-order chi connectivity index (χ1) is 19.2. The third kappa shape index (κ3) is 8.37. The van der Waals surface area contributed by atoms with Gasteiger partial charge in [0.2, 0.25) is 0 Å². The Labute approximate surface area is 230 Å². The van der Waals surface area contributed by atoms with Crippen molar-refractivity contribution in [2.45, 2.75) is 58.0 Å². The summed E-state index contributed by atoms with van der Waals surface area (Å²) in [7, 11) is 0. The number of ether oxygens (including phenoxy) is 2. The number of rotatable bonds is 13. The molecular formula is C31H31F5N2O2. The van der Waals surface area contributed by atoms with E-state index < -0.39 is 24.3 Å². The molecule has 1 aromatic heterocycles. The minimum atomic E-state index is -4.55. The fraction of sp³-hybridized carbons (Fsp3) is 0.355. The summed E-state index contributed by atoms with van der Waals surface area (Å²) in [6.07, 6.45) is 4.06. The number of aryl methyl sites for hydroxylation is 4. The third-order valence-electron chi connectivity index (χ3n) is 6.50. The van der Waals surface area contributed by atoms with Crippen LogP contribution in [0.25, 0.3) is 10.8 Å². The molecule has 0 aliphatic carbocycles. The summed E-state index contributed by atoms with van der Waals surface area (Å²) >= 11 is 0. The average molecular weight is 559 g/mol. The lowest BCUT2D eigenvalue weighted by Gasteiger charge is -2.11. The standard InChI is InChI=1S/C31H31F5N2O2/c1-2-3-4-15-39-25-18-37-29(38-19-25)14-8-21-6-12-26-24(16-21)11-10-23(30(26)33)9-5-22-7-13-28(27(32)17-22)40-20-31(34,35)36/h6-7,10-13,16-19H,2-5,8-9,14-15,20H2,1H3. The lowest BCUT2D eigenvalue weighted by atomic mass is 9.98. The van der Waals surface area contributed by atoms with Crippen LogP contribution in [-0.2, 0) is 25.7 Å². The van der Waals surface area contributed by atoms with Crippen molar-refractivity contribution >= 4 is 10.8 Å². The van der Waals surface area contributed by atoms with E-state index in [0.29, 0.717) is 60.4 Å². The highest BCUT2D eigenvalue weighted by atomic mass is 19.4. The minimum Gasteiger partial charge on any atom is -0.490 e. The fourth-order valence-corrected chi connectivity index (χ4v) is 4.34. The van der Waals surface area contributed by atoms with E-state index in [4.69, 9.17) is 4.74 Å². The van der Waals surface area contributed by atoms with Crippen LogP contribution in [0.5, 0.6) is 11.5 Å². The molecule has 0 amide bonds. The van der Waals surface area contributed by atoms with Crippen molar-refractivity contribution < 1.29 is 31.4 Å². The van der Waals surface area contributed by atoms with E-state index in [1.807, 2.05) is 18.2 Å². The zero-order valence-electron chi connectivity index (χ0n) is 22.2. The van der Waals surface area contributed by atoms with Crippen LogP contribution in [0.1, 0.15) is 48.7 Å². The molecule has 4 nitrogen and oxygen atoms in total. The van der Waals surface area contributed by atoms with Gasteiger partial charge in [-0.2, -0.15) is 13.2 Å². The van der Waals surface area contributed by atoms with Crippen LogP contribution in [0.15, 0.2) is 60.9 Å². The number of hydrogen-bond acceptors (Lipinski definition) is 4. The number of alkyl halides is 3. The van der Waals surface area contributed by atoms with Crippen molar-refractivity contribution in [3.63, 3.8) is 0 Å². The minimum absolute atomic E-state index is 0.307. The molecule has 212 valence electrons. The van der Waals surface area contributed by atoms with Crippen LogP contribution in [-0.4, -0.2) is 29.4 Å². The molecule has 0 spiro atoms. The Hall–Kier alpha value is -3.75. The Kier molecular flexibility index (Phi) is 9.90. The average Bonchev–Trinajstić information content (AvgIpc) is 2.93. The van der Waals surface area contributed by atoms with Crippen LogP contribution in [0, 0.1) is 11.6 Å². The Morgan fingerprint density at radius 2 is 1.50 bits per heavy atom. The van der Waals surface area contributed by atoms with Crippen molar-refractivity contribution in [3.05, 3.63) is 95.1 Å². The molecule has 0 saturated heterocycles. The maximum absolute atomic E-state index is 15.2. The predicted molar refractivity (Wildman–Crippen MR) is 144 cm³/mol. The molecule has 0 unspecified atom stereocenters. The van der Waals surface area contributed by atoms with Gasteiger partial charge in [0, 0.05) is 11.8 Å². The molecule has 0 aliphatic heterocycles. The number of unbranched alkanes of at least 4 members (excludes halogenated alkanes) is 2. The van der Waals surface area contributed by atoms with Crippen molar-refractivity contribution in [1.29, 1.82) is 0 Å². The molecular weight excluding hydrogens is 527 g/mol. The first-order valence-electron chi connectivity index (χ1n) is 13.3. The van der Waals surface area contributed by atoms with E-state index in [1.165, 1.54) is 6.07 Å². The predicted octanol–water partition coefficient (Wildman–Crippen LogP) is 7.99. The first-order valence-corrected chi connectivity index (χ1v) is 13.3. The Morgan fingerprint density at radius 3 is 2.23 bits per heavy atom. The van der Waals surface area contributed by atoms with Gasteiger partial charge < -0.3 is 9.47 Å². The smallest absolute Gasteiger partial charge is 0.422 e. The van der Waals surface area contributed by atoms with Gasteiger partial charge >= 0.3 is 6.18 Å². The van der Waals surface area contributed by atoms with E-state index in [2.05, 4.69) is 21.6 Å². The zero-order chi connectivity index (χ0) is 28.5. The molecule has 1 heterocycles. The topological polar surface area (TPSA) is 44.2 Å². The molecule has 4 rings (SSSR count). The highest BCUT2D eigenvalue weighted by Gasteiger charge is 2.29. The van der Waals surface area contributed by atoms with Crippen LogP contribution in [0.2, 0.25) is 0 Å². The molecule has 0 atom stereocenters. The molecule has 9 heteroatoms. The number of benzene rings is 3. The quantitative estimate of drug-likeness (QED) is 0.123. The Balaban J connectivity index is 1.33. The van der Waals surface area contributed by atoms with Gasteiger partial charge in [0.1, 0.15) is 11.6 Å². The molecule has 0 saturated carbocycles. The highest BCUT2D eigenvalue weighted by molar-refractivity contribution is 5.84. The van der Waals surface area contributed by atoms with E-state index in [0.717, 1.165) is 42.3 Å². The molecule has 0 aliphatic rings. The van der Waals surface area contributed by atoms with Crippen molar-refractivity contribution in [2.24, 2.45) is 0 Å². The SMILES string of the molecule is CCCCCOc1cnc(CCc2ccc3c(F)c(CCc4ccc(OCC(F)(F)F)c(F)c4)ccc3c2)nc1. The molecule has 3 aromatic carbocycles. The summed E-state index contributed by atoms with van der Waals surface area (Å²) in [4.78, 5) is 8.77. The van der Waals surface area contributed by atoms with E-state index in [-0.39, 0.29) is 5.82 Å². The Morgan fingerprint density at radius 1 is 0.775 bits per heavy atom. The van der Waals surface area contributed by atoms with E-state index in [9.17, 15) is 17.6 Å². The van der Waals surface area contributed by atoms with Crippen molar-refractivity contribution in [3.8, 4) is 11.5 Å². The first kappa shape index (κ1) is 29.2. The Bertz CT molecular complexity index is 1410. The van der Waals surface area contributed by atoms with E-state index in [1.54, 1.807) is 24.5 Å².